The van der Waals surface area contributed by atoms with Crippen molar-refractivity contribution in [2.75, 3.05) is 11.9 Å². The van der Waals surface area contributed by atoms with E-state index < -0.39 is 0 Å². The number of amides is 1. The maximum Gasteiger partial charge on any atom is 0.225 e. The number of benzene rings is 1. The predicted octanol–water partition coefficient (Wildman–Crippen LogP) is 3.05. The van der Waals surface area contributed by atoms with Crippen LogP contribution >= 0.6 is 0 Å². The molecule has 0 spiro atoms. The lowest BCUT2D eigenvalue weighted by atomic mass is 10.2. The molecule has 0 aliphatic rings. The standard InChI is InChI=1S/C16H19N3O2/c20-16(19-15-10-11-17-13-18-15)9-5-2-6-12-21-14-7-3-1-4-8-14/h1,3-4,7-8,10-11,13H,2,5-6,9,12H2,(H,17,18,19,20). The highest BCUT2D eigenvalue weighted by Gasteiger charge is 2.02. The van der Waals surface area contributed by atoms with Crippen molar-refractivity contribution in [3.63, 3.8) is 0 Å². The van der Waals surface area contributed by atoms with Crippen LogP contribution in [-0.4, -0.2) is 22.5 Å². The molecule has 0 aliphatic carbocycles. The summed E-state index contributed by atoms with van der Waals surface area (Å²) >= 11 is 0. The van der Waals surface area contributed by atoms with Gasteiger partial charge in [0.05, 0.1) is 6.61 Å². The summed E-state index contributed by atoms with van der Waals surface area (Å²) in [5.74, 6) is 1.42. The van der Waals surface area contributed by atoms with E-state index >= 15 is 0 Å². The molecule has 1 aromatic carbocycles. The molecule has 110 valence electrons. The molecule has 0 atom stereocenters. The summed E-state index contributed by atoms with van der Waals surface area (Å²) in [5, 5.41) is 2.74. The Morgan fingerprint density at radius 3 is 2.71 bits per heavy atom. The van der Waals surface area contributed by atoms with Crippen LogP contribution < -0.4 is 10.1 Å². The summed E-state index contributed by atoms with van der Waals surface area (Å²) in [7, 11) is 0. The average Bonchev–Trinajstić information content (AvgIpc) is 2.53. The van der Waals surface area contributed by atoms with E-state index in [4.69, 9.17) is 4.74 Å². The highest BCUT2D eigenvalue weighted by atomic mass is 16.5. The average molecular weight is 285 g/mol. The monoisotopic (exact) mass is 285 g/mol. The molecule has 0 bridgehead atoms. The molecule has 0 unspecified atom stereocenters. The molecular formula is C16H19N3O2. The number of ether oxygens (including phenoxy) is 1. The van der Waals surface area contributed by atoms with E-state index in [1.807, 2.05) is 30.3 Å². The normalized spacial score (nSPS) is 10.1. The molecular weight excluding hydrogens is 266 g/mol. The lowest BCUT2D eigenvalue weighted by Gasteiger charge is -2.06. The molecule has 1 N–H and O–H groups in total. The van der Waals surface area contributed by atoms with Crippen molar-refractivity contribution < 1.29 is 9.53 Å². The Morgan fingerprint density at radius 1 is 1.10 bits per heavy atom. The third-order valence-corrected chi connectivity index (χ3v) is 2.91. The minimum atomic E-state index is -0.0160. The molecule has 2 aromatic rings. The first kappa shape index (κ1) is 15.0. The second-order valence-electron chi connectivity index (χ2n) is 4.61. The van der Waals surface area contributed by atoms with Crippen LogP contribution in [0.2, 0.25) is 0 Å². The fourth-order valence-electron chi connectivity index (χ4n) is 1.84. The maximum absolute atomic E-state index is 11.7. The largest absolute Gasteiger partial charge is 0.494 e. The number of rotatable bonds is 8. The number of nitrogens with zero attached hydrogens (tertiary/aromatic N) is 2. The fraction of sp³-hybridized carbons (Fsp3) is 0.312. The van der Waals surface area contributed by atoms with Crippen molar-refractivity contribution in [3.8, 4) is 5.75 Å². The van der Waals surface area contributed by atoms with Crippen molar-refractivity contribution in [3.05, 3.63) is 48.9 Å². The SMILES string of the molecule is O=C(CCCCCOc1ccccc1)Nc1ccncn1. The molecule has 0 radical (unpaired) electrons. The van der Waals surface area contributed by atoms with Gasteiger partial charge in [-0.25, -0.2) is 9.97 Å². The molecule has 0 fully saturated rings. The number of carbonyl (C=O) groups is 1. The Labute approximate surface area is 124 Å². The Hall–Kier alpha value is -2.43. The number of carbonyl (C=O) groups excluding carboxylic acids is 1. The molecule has 1 heterocycles. The van der Waals surface area contributed by atoms with Gasteiger partial charge in [-0.15, -0.1) is 0 Å². The van der Waals surface area contributed by atoms with E-state index in [1.165, 1.54) is 6.33 Å². The highest BCUT2D eigenvalue weighted by Crippen LogP contribution is 2.10. The molecule has 5 heteroatoms. The Morgan fingerprint density at radius 2 is 1.95 bits per heavy atom. The van der Waals surface area contributed by atoms with Crippen molar-refractivity contribution >= 4 is 11.7 Å². The zero-order chi connectivity index (χ0) is 14.8. The number of hydrogen-bond acceptors (Lipinski definition) is 4. The molecule has 0 saturated heterocycles. The minimum absolute atomic E-state index is 0.0160. The van der Waals surface area contributed by atoms with Gasteiger partial charge < -0.3 is 10.1 Å². The van der Waals surface area contributed by atoms with Crippen LogP contribution in [0.25, 0.3) is 0 Å². The van der Waals surface area contributed by atoms with Gasteiger partial charge in [0, 0.05) is 12.6 Å². The van der Waals surface area contributed by atoms with Crippen molar-refractivity contribution in [2.24, 2.45) is 0 Å². The maximum atomic E-state index is 11.7. The molecule has 21 heavy (non-hydrogen) atoms. The predicted molar refractivity (Wildman–Crippen MR) is 81.1 cm³/mol. The number of para-hydroxylation sites is 1. The third kappa shape index (κ3) is 6.03. The van der Waals surface area contributed by atoms with Crippen LogP contribution in [0.5, 0.6) is 5.75 Å². The van der Waals surface area contributed by atoms with Gasteiger partial charge in [0.2, 0.25) is 5.91 Å². The van der Waals surface area contributed by atoms with Crippen molar-refractivity contribution in [1.82, 2.24) is 9.97 Å². The zero-order valence-corrected chi connectivity index (χ0v) is 11.9. The first-order chi connectivity index (χ1) is 10.3. The van der Waals surface area contributed by atoms with E-state index in [1.54, 1.807) is 12.3 Å². The Balaban J connectivity index is 1.52. The molecule has 2 rings (SSSR count). The van der Waals surface area contributed by atoms with Crippen LogP contribution in [0.4, 0.5) is 5.82 Å². The van der Waals surface area contributed by atoms with E-state index in [9.17, 15) is 4.79 Å². The van der Waals surface area contributed by atoms with Crippen LogP contribution in [0.3, 0.4) is 0 Å². The first-order valence-corrected chi connectivity index (χ1v) is 7.08. The van der Waals surface area contributed by atoms with Gasteiger partial charge in [0.25, 0.3) is 0 Å². The van der Waals surface area contributed by atoms with Gasteiger partial charge in [-0.2, -0.15) is 0 Å². The molecule has 5 nitrogen and oxygen atoms in total. The second kappa shape index (κ2) is 8.68. The number of hydrogen-bond donors (Lipinski definition) is 1. The minimum Gasteiger partial charge on any atom is -0.494 e. The number of anilines is 1. The lowest BCUT2D eigenvalue weighted by Crippen LogP contribution is -2.12. The van der Waals surface area contributed by atoms with E-state index in [-0.39, 0.29) is 5.91 Å². The topological polar surface area (TPSA) is 64.1 Å². The number of aromatic nitrogens is 2. The van der Waals surface area contributed by atoms with Gasteiger partial charge in [-0.05, 0) is 37.5 Å². The van der Waals surface area contributed by atoms with Crippen molar-refractivity contribution in [1.29, 1.82) is 0 Å². The summed E-state index contributed by atoms with van der Waals surface area (Å²) in [6.07, 6.45) is 6.25. The zero-order valence-electron chi connectivity index (χ0n) is 11.9. The van der Waals surface area contributed by atoms with E-state index in [2.05, 4.69) is 15.3 Å². The van der Waals surface area contributed by atoms with Crippen LogP contribution in [0.15, 0.2) is 48.9 Å². The second-order valence-corrected chi connectivity index (χ2v) is 4.61. The fourth-order valence-corrected chi connectivity index (χ4v) is 1.84. The quantitative estimate of drug-likeness (QED) is 0.757. The van der Waals surface area contributed by atoms with Gasteiger partial charge in [-0.3, -0.25) is 4.79 Å². The van der Waals surface area contributed by atoms with Crippen LogP contribution in [0, 0.1) is 0 Å². The van der Waals surface area contributed by atoms with Gasteiger partial charge in [0.15, 0.2) is 0 Å². The Kier molecular flexibility index (Phi) is 6.19. The summed E-state index contributed by atoms with van der Waals surface area (Å²) in [4.78, 5) is 19.4. The van der Waals surface area contributed by atoms with Gasteiger partial charge in [0.1, 0.15) is 17.9 Å². The Bertz CT molecular complexity index is 532. The molecule has 0 aliphatic heterocycles. The molecule has 0 saturated carbocycles. The lowest BCUT2D eigenvalue weighted by molar-refractivity contribution is -0.116. The summed E-state index contributed by atoms with van der Waals surface area (Å²) < 4.78 is 5.59. The molecule has 1 amide bonds. The van der Waals surface area contributed by atoms with Gasteiger partial charge >= 0.3 is 0 Å². The number of unbranched alkanes of at least 4 members (excludes halogenated alkanes) is 2. The molecule has 1 aromatic heterocycles. The third-order valence-electron chi connectivity index (χ3n) is 2.91. The first-order valence-electron chi connectivity index (χ1n) is 7.08. The van der Waals surface area contributed by atoms with E-state index in [0.29, 0.717) is 18.8 Å². The summed E-state index contributed by atoms with van der Waals surface area (Å²) in [5.41, 5.74) is 0. The van der Waals surface area contributed by atoms with E-state index in [0.717, 1.165) is 25.0 Å². The highest BCUT2D eigenvalue weighted by molar-refractivity contribution is 5.89. The summed E-state index contributed by atoms with van der Waals surface area (Å²) in [6, 6.07) is 11.4. The smallest absolute Gasteiger partial charge is 0.225 e. The van der Waals surface area contributed by atoms with Crippen molar-refractivity contribution in [2.45, 2.75) is 25.7 Å². The van der Waals surface area contributed by atoms with Crippen LogP contribution in [0.1, 0.15) is 25.7 Å². The van der Waals surface area contributed by atoms with Gasteiger partial charge in [-0.1, -0.05) is 18.2 Å². The number of nitrogens with one attached hydrogen (secondary N) is 1. The van der Waals surface area contributed by atoms with Crippen LogP contribution in [-0.2, 0) is 4.79 Å². The summed E-state index contributed by atoms with van der Waals surface area (Å²) in [6.45, 7) is 0.678.